The number of ether oxygens (including phenoxy) is 2. The smallest absolute Gasteiger partial charge is 0.261 e. The van der Waals surface area contributed by atoms with Crippen molar-refractivity contribution in [3.8, 4) is 11.5 Å². The monoisotopic (exact) mass is 318 g/mol. The fraction of sp³-hybridized carbons (Fsp3) is 0.375. The zero-order valence-corrected chi connectivity index (χ0v) is 13.2. The first-order chi connectivity index (χ1) is 10.8. The number of likely N-dealkylation sites (tertiary alicyclic amines) is 1. The van der Waals surface area contributed by atoms with Crippen LogP contribution >= 0.6 is 11.3 Å². The first-order valence-corrected chi connectivity index (χ1v) is 8.12. The van der Waals surface area contributed by atoms with Crippen molar-refractivity contribution in [1.82, 2.24) is 9.88 Å². The minimum absolute atomic E-state index is 0.0105. The fourth-order valence-electron chi connectivity index (χ4n) is 2.68. The molecule has 0 radical (unpaired) electrons. The summed E-state index contributed by atoms with van der Waals surface area (Å²) in [5.41, 5.74) is 0. The SMILES string of the molecule is COc1ccccc1OCC(=O)N1CCCC1c1nccs1. The number of carbonyl (C=O) groups excluding carboxylic acids is 1. The van der Waals surface area contributed by atoms with Gasteiger partial charge in [0.25, 0.3) is 5.91 Å². The quantitative estimate of drug-likeness (QED) is 0.850. The van der Waals surface area contributed by atoms with E-state index in [1.165, 1.54) is 0 Å². The summed E-state index contributed by atoms with van der Waals surface area (Å²) in [6.07, 6.45) is 3.75. The molecule has 0 aliphatic carbocycles. The molecule has 0 bridgehead atoms. The topological polar surface area (TPSA) is 51.7 Å². The number of carbonyl (C=O) groups is 1. The van der Waals surface area contributed by atoms with Gasteiger partial charge >= 0.3 is 0 Å². The van der Waals surface area contributed by atoms with Gasteiger partial charge in [0.1, 0.15) is 5.01 Å². The average molecular weight is 318 g/mol. The molecule has 1 aliphatic rings. The third kappa shape index (κ3) is 3.06. The number of rotatable bonds is 5. The molecular weight excluding hydrogens is 300 g/mol. The van der Waals surface area contributed by atoms with E-state index in [-0.39, 0.29) is 18.6 Å². The van der Waals surface area contributed by atoms with Crippen molar-refractivity contribution in [2.75, 3.05) is 20.3 Å². The molecule has 1 aromatic heterocycles. The molecule has 116 valence electrons. The molecule has 6 heteroatoms. The molecule has 1 unspecified atom stereocenters. The van der Waals surface area contributed by atoms with Crippen molar-refractivity contribution < 1.29 is 14.3 Å². The highest BCUT2D eigenvalue weighted by Crippen LogP contribution is 2.33. The van der Waals surface area contributed by atoms with Crippen LogP contribution in [-0.2, 0) is 4.79 Å². The Morgan fingerprint density at radius 3 is 2.95 bits per heavy atom. The number of para-hydroxylation sites is 2. The highest BCUT2D eigenvalue weighted by Gasteiger charge is 2.31. The first kappa shape index (κ1) is 14.8. The van der Waals surface area contributed by atoms with Gasteiger partial charge < -0.3 is 14.4 Å². The lowest BCUT2D eigenvalue weighted by molar-refractivity contribution is -0.134. The summed E-state index contributed by atoms with van der Waals surface area (Å²) in [4.78, 5) is 18.7. The van der Waals surface area contributed by atoms with Crippen LogP contribution < -0.4 is 9.47 Å². The van der Waals surface area contributed by atoms with Crippen molar-refractivity contribution in [3.05, 3.63) is 40.8 Å². The maximum Gasteiger partial charge on any atom is 0.261 e. The van der Waals surface area contributed by atoms with E-state index < -0.39 is 0 Å². The molecule has 1 aliphatic heterocycles. The predicted octanol–water partition coefficient (Wildman–Crippen LogP) is 2.89. The normalized spacial score (nSPS) is 17.5. The second kappa shape index (κ2) is 6.79. The molecular formula is C16H18N2O3S. The van der Waals surface area contributed by atoms with Crippen LogP contribution in [0.5, 0.6) is 11.5 Å². The molecule has 1 aromatic carbocycles. The molecule has 0 spiro atoms. The van der Waals surface area contributed by atoms with E-state index in [1.807, 2.05) is 28.5 Å². The van der Waals surface area contributed by atoms with Crippen LogP contribution in [0.3, 0.4) is 0 Å². The van der Waals surface area contributed by atoms with Crippen molar-refractivity contribution in [1.29, 1.82) is 0 Å². The number of methoxy groups -OCH3 is 1. The van der Waals surface area contributed by atoms with E-state index in [0.29, 0.717) is 11.5 Å². The zero-order valence-electron chi connectivity index (χ0n) is 12.4. The Labute approximate surface area is 133 Å². The van der Waals surface area contributed by atoms with Gasteiger partial charge in [-0.15, -0.1) is 11.3 Å². The summed E-state index contributed by atoms with van der Waals surface area (Å²) in [6.45, 7) is 0.778. The molecule has 2 aromatic rings. The molecule has 1 fully saturated rings. The molecule has 0 saturated carbocycles. The van der Waals surface area contributed by atoms with E-state index in [2.05, 4.69) is 4.98 Å². The summed E-state index contributed by atoms with van der Waals surface area (Å²) in [6, 6.07) is 7.43. The summed E-state index contributed by atoms with van der Waals surface area (Å²) in [5.74, 6) is 1.21. The van der Waals surface area contributed by atoms with E-state index in [9.17, 15) is 4.79 Å². The van der Waals surface area contributed by atoms with Crippen LogP contribution in [0.1, 0.15) is 23.9 Å². The van der Waals surface area contributed by atoms with Gasteiger partial charge in [-0.05, 0) is 25.0 Å². The Hall–Kier alpha value is -2.08. The maximum absolute atomic E-state index is 12.5. The molecule has 1 saturated heterocycles. The number of benzene rings is 1. The van der Waals surface area contributed by atoms with Crippen LogP contribution in [0.4, 0.5) is 0 Å². The van der Waals surface area contributed by atoms with Crippen LogP contribution in [0.2, 0.25) is 0 Å². The van der Waals surface area contributed by atoms with E-state index in [4.69, 9.17) is 9.47 Å². The average Bonchev–Trinajstić information content (AvgIpc) is 3.23. The van der Waals surface area contributed by atoms with Crippen LogP contribution in [0.15, 0.2) is 35.8 Å². The van der Waals surface area contributed by atoms with Gasteiger partial charge in [0.05, 0.1) is 13.2 Å². The Morgan fingerprint density at radius 1 is 1.41 bits per heavy atom. The summed E-state index contributed by atoms with van der Waals surface area (Å²) in [5, 5.41) is 2.95. The summed E-state index contributed by atoms with van der Waals surface area (Å²) in [7, 11) is 1.59. The lowest BCUT2D eigenvalue weighted by atomic mass is 10.2. The lowest BCUT2D eigenvalue weighted by Gasteiger charge is -2.23. The Morgan fingerprint density at radius 2 is 2.23 bits per heavy atom. The molecule has 22 heavy (non-hydrogen) atoms. The lowest BCUT2D eigenvalue weighted by Crippen LogP contribution is -2.34. The minimum Gasteiger partial charge on any atom is -0.493 e. The first-order valence-electron chi connectivity index (χ1n) is 7.24. The van der Waals surface area contributed by atoms with E-state index in [0.717, 1.165) is 24.4 Å². The fourth-order valence-corrected chi connectivity index (χ4v) is 3.47. The third-order valence-corrected chi connectivity index (χ3v) is 4.61. The summed E-state index contributed by atoms with van der Waals surface area (Å²) >= 11 is 1.60. The number of hydrogen-bond acceptors (Lipinski definition) is 5. The summed E-state index contributed by atoms with van der Waals surface area (Å²) < 4.78 is 10.9. The molecule has 3 rings (SSSR count). The molecule has 1 amide bonds. The van der Waals surface area contributed by atoms with Crippen LogP contribution in [-0.4, -0.2) is 36.1 Å². The molecule has 0 N–H and O–H groups in total. The van der Waals surface area contributed by atoms with Gasteiger partial charge in [-0.25, -0.2) is 4.98 Å². The molecule has 2 heterocycles. The number of nitrogens with zero attached hydrogens (tertiary/aromatic N) is 2. The highest BCUT2D eigenvalue weighted by atomic mass is 32.1. The van der Waals surface area contributed by atoms with Gasteiger partial charge in [-0.2, -0.15) is 0 Å². The van der Waals surface area contributed by atoms with Gasteiger partial charge in [0.15, 0.2) is 18.1 Å². The van der Waals surface area contributed by atoms with Crippen molar-refractivity contribution in [3.63, 3.8) is 0 Å². The van der Waals surface area contributed by atoms with Gasteiger partial charge in [-0.3, -0.25) is 4.79 Å². The van der Waals surface area contributed by atoms with Crippen molar-refractivity contribution in [2.24, 2.45) is 0 Å². The van der Waals surface area contributed by atoms with Crippen LogP contribution in [0.25, 0.3) is 0 Å². The third-order valence-electron chi connectivity index (χ3n) is 3.73. The maximum atomic E-state index is 12.5. The number of amides is 1. The largest absolute Gasteiger partial charge is 0.493 e. The van der Waals surface area contributed by atoms with Gasteiger partial charge in [0.2, 0.25) is 0 Å². The van der Waals surface area contributed by atoms with Gasteiger partial charge in [0, 0.05) is 18.1 Å². The molecule has 5 nitrogen and oxygen atoms in total. The Bertz CT molecular complexity index is 630. The second-order valence-corrected chi connectivity index (χ2v) is 5.98. The van der Waals surface area contributed by atoms with Gasteiger partial charge in [-0.1, -0.05) is 12.1 Å². The van der Waals surface area contributed by atoms with E-state index in [1.54, 1.807) is 30.7 Å². The number of aromatic nitrogens is 1. The Balaban J connectivity index is 1.64. The van der Waals surface area contributed by atoms with Crippen molar-refractivity contribution >= 4 is 17.2 Å². The zero-order chi connectivity index (χ0) is 15.4. The standard InChI is InChI=1S/C16H18N2O3S/c1-20-13-6-2-3-7-14(13)21-11-15(19)18-9-4-5-12(18)16-17-8-10-22-16/h2-3,6-8,10,12H,4-5,9,11H2,1H3. The van der Waals surface area contributed by atoms with Crippen LogP contribution in [0, 0.1) is 0 Å². The van der Waals surface area contributed by atoms with E-state index >= 15 is 0 Å². The van der Waals surface area contributed by atoms with Crippen molar-refractivity contribution in [2.45, 2.75) is 18.9 Å². The minimum atomic E-state index is -0.0105. The number of thiazole rings is 1. The highest BCUT2D eigenvalue weighted by molar-refractivity contribution is 7.09. The number of hydrogen-bond donors (Lipinski definition) is 0. The molecule has 1 atom stereocenters. The Kier molecular flexibility index (Phi) is 4.58. The second-order valence-electron chi connectivity index (χ2n) is 5.06. The predicted molar refractivity (Wildman–Crippen MR) is 84.3 cm³/mol.